The number of hydrogen-bond donors (Lipinski definition) is 1. The first-order valence-electron chi connectivity index (χ1n) is 11.6. The summed E-state index contributed by atoms with van der Waals surface area (Å²) in [4.78, 5) is 34.8. The highest BCUT2D eigenvalue weighted by atomic mass is 19.1. The Morgan fingerprint density at radius 3 is 2.80 bits per heavy atom. The molecule has 2 aliphatic heterocycles. The molecule has 2 unspecified atom stereocenters. The molecular formula is C24H26FN5O5. The first-order chi connectivity index (χ1) is 17.0. The van der Waals surface area contributed by atoms with E-state index in [0.717, 1.165) is 11.9 Å². The number of carbonyl (C=O) groups excluding carboxylic acids is 1. The van der Waals surface area contributed by atoms with Crippen LogP contribution in [0.15, 0.2) is 41.5 Å². The van der Waals surface area contributed by atoms with Gasteiger partial charge >= 0.3 is 6.09 Å². The SMILES string of the molecule is NC(=O)OC1CCN(CCn2c(=O)ccc3ncc(F)cc32)C(Cc2cc3c(cn2)OCCO3)C1. The highest BCUT2D eigenvalue weighted by Crippen LogP contribution is 2.31. The summed E-state index contributed by atoms with van der Waals surface area (Å²) in [6.45, 7) is 2.50. The molecule has 11 heteroatoms. The maximum Gasteiger partial charge on any atom is 0.404 e. The van der Waals surface area contributed by atoms with Gasteiger partial charge in [-0.25, -0.2) is 9.18 Å². The average Bonchev–Trinajstić information content (AvgIpc) is 2.84. The fourth-order valence-corrected chi connectivity index (χ4v) is 4.79. The van der Waals surface area contributed by atoms with Crippen LogP contribution in [0.3, 0.4) is 0 Å². The molecule has 5 heterocycles. The molecule has 0 bridgehead atoms. The predicted octanol–water partition coefficient (Wildman–Crippen LogP) is 1.87. The molecule has 0 spiro atoms. The lowest BCUT2D eigenvalue weighted by Crippen LogP contribution is -2.48. The minimum Gasteiger partial charge on any atom is -0.486 e. The summed E-state index contributed by atoms with van der Waals surface area (Å²) >= 11 is 0. The number of carbonyl (C=O) groups is 1. The van der Waals surface area contributed by atoms with E-state index in [-0.39, 0.29) is 17.7 Å². The van der Waals surface area contributed by atoms with E-state index < -0.39 is 11.9 Å². The molecule has 3 aromatic heterocycles. The molecule has 5 rings (SSSR count). The van der Waals surface area contributed by atoms with Gasteiger partial charge in [0.1, 0.15) is 25.1 Å². The number of hydrogen-bond acceptors (Lipinski definition) is 8. The summed E-state index contributed by atoms with van der Waals surface area (Å²) in [5, 5.41) is 0. The van der Waals surface area contributed by atoms with Crippen molar-refractivity contribution in [2.24, 2.45) is 5.73 Å². The van der Waals surface area contributed by atoms with E-state index in [0.29, 0.717) is 74.6 Å². The van der Waals surface area contributed by atoms with E-state index >= 15 is 0 Å². The van der Waals surface area contributed by atoms with E-state index in [2.05, 4.69) is 14.9 Å². The van der Waals surface area contributed by atoms with Crippen molar-refractivity contribution in [2.45, 2.75) is 38.0 Å². The molecule has 1 amide bonds. The molecule has 0 aliphatic carbocycles. The second-order valence-corrected chi connectivity index (χ2v) is 8.68. The monoisotopic (exact) mass is 483 g/mol. The number of amides is 1. The largest absolute Gasteiger partial charge is 0.486 e. The van der Waals surface area contributed by atoms with E-state index in [4.69, 9.17) is 19.9 Å². The van der Waals surface area contributed by atoms with Crippen molar-refractivity contribution in [3.8, 4) is 11.5 Å². The summed E-state index contributed by atoms with van der Waals surface area (Å²) in [5.41, 5.74) is 6.86. The second-order valence-electron chi connectivity index (χ2n) is 8.68. The van der Waals surface area contributed by atoms with Gasteiger partial charge in [-0.2, -0.15) is 0 Å². The molecule has 1 fully saturated rings. The number of ether oxygens (including phenoxy) is 3. The normalized spacial score (nSPS) is 20.0. The van der Waals surface area contributed by atoms with Gasteiger partial charge in [-0.05, 0) is 12.5 Å². The van der Waals surface area contributed by atoms with Crippen molar-refractivity contribution < 1.29 is 23.4 Å². The van der Waals surface area contributed by atoms with Gasteiger partial charge in [0.25, 0.3) is 5.56 Å². The van der Waals surface area contributed by atoms with Crippen LogP contribution in [-0.4, -0.2) is 64.0 Å². The highest BCUT2D eigenvalue weighted by molar-refractivity contribution is 5.74. The lowest BCUT2D eigenvalue weighted by molar-refractivity contribution is 0.0251. The molecular weight excluding hydrogens is 457 g/mol. The minimum atomic E-state index is -0.795. The Kier molecular flexibility index (Phi) is 6.49. The molecule has 2 aliphatic rings. The van der Waals surface area contributed by atoms with Crippen LogP contribution in [0.25, 0.3) is 11.0 Å². The van der Waals surface area contributed by atoms with E-state index in [1.165, 1.54) is 16.7 Å². The quantitative estimate of drug-likeness (QED) is 0.564. The summed E-state index contributed by atoms with van der Waals surface area (Å²) in [5.74, 6) is 0.779. The minimum absolute atomic E-state index is 0.0244. The van der Waals surface area contributed by atoms with Crippen LogP contribution in [0.5, 0.6) is 11.5 Å². The Bertz CT molecular complexity index is 1300. The van der Waals surface area contributed by atoms with Crippen LogP contribution in [0.2, 0.25) is 0 Å². The Hall–Kier alpha value is -3.73. The lowest BCUT2D eigenvalue weighted by Gasteiger charge is -2.39. The van der Waals surface area contributed by atoms with Crippen molar-refractivity contribution in [1.29, 1.82) is 0 Å². The Labute approximate surface area is 200 Å². The van der Waals surface area contributed by atoms with Crippen molar-refractivity contribution >= 4 is 17.1 Å². The Morgan fingerprint density at radius 1 is 1.14 bits per heavy atom. The number of rotatable bonds is 6. The fraction of sp³-hybridized carbons (Fsp3) is 0.417. The smallest absolute Gasteiger partial charge is 0.404 e. The molecule has 2 atom stereocenters. The number of pyridine rings is 3. The van der Waals surface area contributed by atoms with E-state index in [1.807, 2.05) is 6.07 Å². The van der Waals surface area contributed by atoms with Crippen LogP contribution in [0.1, 0.15) is 18.5 Å². The molecule has 0 radical (unpaired) electrons. The first-order valence-corrected chi connectivity index (χ1v) is 11.6. The third-order valence-electron chi connectivity index (χ3n) is 6.42. The standard InChI is InChI=1S/C24H26FN5O5/c25-15-9-20-19(28-13-15)1-2-23(31)30(20)6-5-29-4-3-18(35-24(26)32)12-17(29)10-16-11-21-22(14-27-16)34-8-7-33-21/h1-2,9,11,13-14,17-18H,3-8,10,12H2,(H2,26,32). The maximum atomic E-state index is 13.8. The summed E-state index contributed by atoms with van der Waals surface area (Å²) in [6.07, 6.45) is 3.47. The van der Waals surface area contributed by atoms with Gasteiger partial charge in [-0.15, -0.1) is 0 Å². The van der Waals surface area contributed by atoms with E-state index in [1.54, 1.807) is 12.3 Å². The number of piperidine rings is 1. The summed E-state index contributed by atoms with van der Waals surface area (Å²) in [7, 11) is 0. The van der Waals surface area contributed by atoms with E-state index in [9.17, 15) is 14.0 Å². The van der Waals surface area contributed by atoms with Crippen LogP contribution in [-0.2, 0) is 17.7 Å². The fourth-order valence-electron chi connectivity index (χ4n) is 4.79. The molecule has 35 heavy (non-hydrogen) atoms. The van der Waals surface area contributed by atoms with Gasteiger partial charge in [0.15, 0.2) is 11.5 Å². The first kappa shape index (κ1) is 23.0. The number of fused-ring (bicyclic) bond motifs is 2. The molecule has 2 N–H and O–H groups in total. The van der Waals surface area contributed by atoms with Crippen molar-refractivity contribution in [2.75, 3.05) is 26.3 Å². The van der Waals surface area contributed by atoms with Crippen LogP contribution in [0, 0.1) is 5.82 Å². The number of nitrogens with two attached hydrogens (primary N) is 1. The highest BCUT2D eigenvalue weighted by Gasteiger charge is 2.31. The number of likely N-dealkylation sites (tertiary alicyclic amines) is 1. The van der Waals surface area contributed by atoms with Gasteiger partial charge < -0.3 is 24.5 Å². The number of aromatic nitrogens is 3. The van der Waals surface area contributed by atoms with Crippen LogP contribution < -0.4 is 20.8 Å². The average molecular weight is 484 g/mol. The topological polar surface area (TPSA) is 122 Å². The predicted molar refractivity (Wildman–Crippen MR) is 124 cm³/mol. The van der Waals surface area contributed by atoms with Crippen LogP contribution >= 0.6 is 0 Å². The zero-order valence-electron chi connectivity index (χ0n) is 19.1. The summed E-state index contributed by atoms with van der Waals surface area (Å²) in [6, 6.07) is 6.21. The molecule has 1 saturated heterocycles. The summed E-state index contributed by atoms with van der Waals surface area (Å²) < 4.78 is 31.9. The molecule has 0 aromatic carbocycles. The Balaban J connectivity index is 1.36. The van der Waals surface area contributed by atoms with Gasteiger partial charge in [-0.3, -0.25) is 19.7 Å². The number of halogens is 1. The van der Waals surface area contributed by atoms with Gasteiger partial charge in [0.05, 0.1) is 23.4 Å². The third kappa shape index (κ3) is 5.19. The molecule has 184 valence electrons. The zero-order chi connectivity index (χ0) is 24.4. The van der Waals surface area contributed by atoms with Crippen molar-refractivity contribution in [3.63, 3.8) is 0 Å². The van der Waals surface area contributed by atoms with Gasteiger partial charge in [-0.1, -0.05) is 0 Å². The van der Waals surface area contributed by atoms with Crippen LogP contribution in [0.4, 0.5) is 9.18 Å². The second kappa shape index (κ2) is 9.87. The Morgan fingerprint density at radius 2 is 1.97 bits per heavy atom. The number of nitrogens with zero attached hydrogens (tertiary/aromatic N) is 4. The zero-order valence-corrected chi connectivity index (χ0v) is 19.1. The van der Waals surface area contributed by atoms with Crippen molar-refractivity contribution in [3.05, 3.63) is 58.5 Å². The molecule has 10 nitrogen and oxygen atoms in total. The molecule has 0 saturated carbocycles. The van der Waals surface area contributed by atoms with Gasteiger partial charge in [0, 0.05) is 62.4 Å². The lowest BCUT2D eigenvalue weighted by atomic mass is 9.95. The third-order valence-corrected chi connectivity index (χ3v) is 6.42. The van der Waals surface area contributed by atoms with Crippen molar-refractivity contribution in [1.82, 2.24) is 19.4 Å². The molecule has 3 aromatic rings. The number of primary amides is 1. The van der Waals surface area contributed by atoms with Gasteiger partial charge in [0.2, 0.25) is 0 Å². The maximum absolute atomic E-state index is 13.8.